The largest absolute Gasteiger partial charge is 0.0808 e. The van der Waals surface area contributed by atoms with Crippen molar-refractivity contribution in [2.75, 3.05) is 0 Å². The summed E-state index contributed by atoms with van der Waals surface area (Å²) in [6.45, 7) is 4.38. The van der Waals surface area contributed by atoms with Gasteiger partial charge in [0.2, 0.25) is 0 Å². The van der Waals surface area contributed by atoms with Crippen molar-refractivity contribution >= 4 is 5.57 Å². The minimum Gasteiger partial charge on any atom is -0.0808 e. The van der Waals surface area contributed by atoms with E-state index in [0.29, 0.717) is 5.92 Å². The number of aryl methyl sites for hydroxylation is 1. The lowest BCUT2D eigenvalue weighted by Gasteiger charge is -2.13. The molecule has 0 saturated heterocycles. The third kappa shape index (κ3) is 2.75. The molecule has 100 valence electrons. The Bertz CT molecular complexity index is 657. The molecule has 0 spiro atoms. The monoisotopic (exact) mass is 260 g/mol. The third-order valence-electron chi connectivity index (χ3n) is 3.89. The van der Waals surface area contributed by atoms with E-state index in [1.165, 1.54) is 27.8 Å². The van der Waals surface area contributed by atoms with Crippen molar-refractivity contribution in [1.29, 1.82) is 0 Å². The summed E-state index contributed by atoms with van der Waals surface area (Å²) >= 11 is 0. The van der Waals surface area contributed by atoms with Gasteiger partial charge in [-0.25, -0.2) is 0 Å². The van der Waals surface area contributed by atoms with E-state index < -0.39 is 0 Å². The highest BCUT2D eigenvalue weighted by Gasteiger charge is 2.06. The van der Waals surface area contributed by atoms with Crippen molar-refractivity contribution in [2.24, 2.45) is 5.92 Å². The zero-order valence-electron chi connectivity index (χ0n) is 12.1. The molecule has 3 rings (SSSR count). The van der Waals surface area contributed by atoms with E-state index in [0.717, 1.165) is 6.42 Å². The molecule has 0 nitrogen and oxygen atoms in total. The van der Waals surface area contributed by atoms with E-state index >= 15 is 0 Å². The van der Waals surface area contributed by atoms with Crippen LogP contribution in [-0.4, -0.2) is 0 Å². The molecule has 2 aromatic carbocycles. The maximum absolute atomic E-state index is 2.35. The van der Waals surface area contributed by atoms with Crippen LogP contribution in [0.3, 0.4) is 0 Å². The molecule has 0 aliphatic heterocycles. The lowest BCUT2D eigenvalue weighted by molar-refractivity contribution is 0.739. The van der Waals surface area contributed by atoms with E-state index in [1.807, 2.05) is 0 Å². The van der Waals surface area contributed by atoms with Crippen LogP contribution in [0.2, 0.25) is 0 Å². The smallest absolute Gasteiger partial charge is 0.0178 e. The lowest BCUT2D eigenvalue weighted by atomic mass is 9.92. The molecular formula is C20H20. The molecule has 0 N–H and O–H groups in total. The first-order chi connectivity index (χ1) is 9.72. The van der Waals surface area contributed by atoms with Gasteiger partial charge in [0.1, 0.15) is 0 Å². The van der Waals surface area contributed by atoms with Crippen molar-refractivity contribution in [1.82, 2.24) is 0 Å². The van der Waals surface area contributed by atoms with Gasteiger partial charge in [-0.3, -0.25) is 0 Å². The molecule has 1 unspecified atom stereocenters. The number of hydrogen-bond donors (Lipinski definition) is 0. The predicted octanol–water partition coefficient (Wildman–Crippen LogP) is 5.64. The second-order valence-electron chi connectivity index (χ2n) is 5.68. The van der Waals surface area contributed by atoms with E-state index in [9.17, 15) is 0 Å². The van der Waals surface area contributed by atoms with Crippen LogP contribution in [0, 0.1) is 12.8 Å². The van der Waals surface area contributed by atoms with Crippen LogP contribution in [0.15, 0.2) is 66.8 Å². The molecule has 0 heterocycles. The number of hydrogen-bond acceptors (Lipinski definition) is 0. The summed E-state index contributed by atoms with van der Waals surface area (Å²) in [5, 5.41) is 0. The van der Waals surface area contributed by atoms with Crippen molar-refractivity contribution in [3.63, 3.8) is 0 Å². The Morgan fingerprint density at radius 1 is 0.900 bits per heavy atom. The van der Waals surface area contributed by atoms with Crippen LogP contribution in [0.1, 0.15) is 24.5 Å². The van der Waals surface area contributed by atoms with Gasteiger partial charge in [-0.2, -0.15) is 0 Å². The fourth-order valence-corrected chi connectivity index (χ4v) is 2.57. The highest BCUT2D eigenvalue weighted by atomic mass is 14.1. The second kappa shape index (κ2) is 5.50. The average molecular weight is 260 g/mol. The SMILES string of the molecule is Cc1ccc(-c2cccc(C3=CCC(C)C=C3)c2)cc1. The summed E-state index contributed by atoms with van der Waals surface area (Å²) in [5.74, 6) is 0.666. The molecule has 20 heavy (non-hydrogen) atoms. The minimum absolute atomic E-state index is 0.666. The van der Waals surface area contributed by atoms with Crippen molar-refractivity contribution < 1.29 is 0 Å². The highest BCUT2D eigenvalue weighted by Crippen LogP contribution is 2.28. The molecule has 1 aliphatic carbocycles. The van der Waals surface area contributed by atoms with Gasteiger partial charge in [0.15, 0.2) is 0 Å². The molecule has 0 fully saturated rings. The molecule has 1 atom stereocenters. The number of allylic oxidation sites excluding steroid dienone is 4. The van der Waals surface area contributed by atoms with Gasteiger partial charge in [0.25, 0.3) is 0 Å². The molecule has 0 aromatic heterocycles. The van der Waals surface area contributed by atoms with Gasteiger partial charge in [-0.1, -0.05) is 73.2 Å². The first kappa shape index (κ1) is 12.9. The van der Waals surface area contributed by atoms with Crippen molar-refractivity contribution in [3.05, 3.63) is 77.9 Å². The Morgan fingerprint density at radius 2 is 1.65 bits per heavy atom. The predicted molar refractivity (Wildman–Crippen MR) is 87.5 cm³/mol. The Balaban J connectivity index is 1.94. The van der Waals surface area contributed by atoms with Gasteiger partial charge >= 0.3 is 0 Å². The number of benzene rings is 2. The molecular weight excluding hydrogens is 240 g/mol. The molecule has 1 aliphatic rings. The average Bonchev–Trinajstić information content (AvgIpc) is 2.49. The maximum Gasteiger partial charge on any atom is -0.0178 e. The third-order valence-corrected chi connectivity index (χ3v) is 3.89. The topological polar surface area (TPSA) is 0 Å². The molecule has 0 saturated carbocycles. The van der Waals surface area contributed by atoms with E-state index in [1.54, 1.807) is 0 Å². The maximum atomic E-state index is 2.35. The van der Waals surface area contributed by atoms with Crippen molar-refractivity contribution in [2.45, 2.75) is 20.3 Å². The summed E-state index contributed by atoms with van der Waals surface area (Å²) in [6, 6.07) is 17.6. The van der Waals surface area contributed by atoms with Crippen molar-refractivity contribution in [3.8, 4) is 11.1 Å². The first-order valence-electron chi connectivity index (χ1n) is 7.28. The second-order valence-corrected chi connectivity index (χ2v) is 5.68. The zero-order valence-corrected chi connectivity index (χ0v) is 12.1. The Hall–Kier alpha value is -2.08. The zero-order chi connectivity index (χ0) is 13.9. The molecule has 0 amide bonds. The first-order valence-corrected chi connectivity index (χ1v) is 7.28. The van der Waals surface area contributed by atoms with E-state index in [2.05, 4.69) is 80.6 Å². The highest BCUT2D eigenvalue weighted by molar-refractivity contribution is 5.78. The molecule has 0 radical (unpaired) electrons. The summed E-state index contributed by atoms with van der Waals surface area (Å²) in [5.41, 5.74) is 6.53. The molecule has 0 heteroatoms. The summed E-state index contributed by atoms with van der Waals surface area (Å²) in [4.78, 5) is 0. The van der Waals surface area contributed by atoms with Gasteiger partial charge < -0.3 is 0 Å². The summed E-state index contributed by atoms with van der Waals surface area (Å²) in [6.07, 6.45) is 8.04. The van der Waals surface area contributed by atoms with Crippen LogP contribution in [0.4, 0.5) is 0 Å². The molecule has 2 aromatic rings. The standard InChI is InChI=1S/C20H20/c1-15-6-10-17(11-7-15)19-4-3-5-20(14-19)18-12-8-16(2)9-13-18/h3-8,10-14,16H,9H2,1-2H3. The van der Waals surface area contributed by atoms with Crippen LogP contribution < -0.4 is 0 Å². The number of rotatable bonds is 2. The van der Waals surface area contributed by atoms with E-state index in [4.69, 9.17) is 0 Å². The van der Waals surface area contributed by atoms with Gasteiger partial charge in [0.05, 0.1) is 0 Å². The fraction of sp³-hybridized carbons (Fsp3) is 0.200. The Kier molecular flexibility index (Phi) is 3.56. The van der Waals surface area contributed by atoms with Crippen LogP contribution in [-0.2, 0) is 0 Å². The van der Waals surface area contributed by atoms with Crippen LogP contribution in [0.25, 0.3) is 16.7 Å². The van der Waals surface area contributed by atoms with E-state index in [-0.39, 0.29) is 0 Å². The van der Waals surface area contributed by atoms with Gasteiger partial charge in [0, 0.05) is 0 Å². The summed E-state index contributed by atoms with van der Waals surface area (Å²) < 4.78 is 0. The van der Waals surface area contributed by atoms with Gasteiger partial charge in [-0.05, 0) is 47.6 Å². The normalized spacial score (nSPS) is 17.9. The Morgan fingerprint density at radius 3 is 2.35 bits per heavy atom. The molecule has 0 bridgehead atoms. The summed E-state index contributed by atoms with van der Waals surface area (Å²) in [7, 11) is 0. The van der Waals surface area contributed by atoms with Crippen LogP contribution in [0.5, 0.6) is 0 Å². The van der Waals surface area contributed by atoms with Gasteiger partial charge in [-0.15, -0.1) is 0 Å². The quantitative estimate of drug-likeness (QED) is 0.655. The lowest BCUT2D eigenvalue weighted by Crippen LogP contribution is -1.94. The van der Waals surface area contributed by atoms with Crippen LogP contribution >= 0.6 is 0 Å². The minimum atomic E-state index is 0.666. The fourth-order valence-electron chi connectivity index (χ4n) is 2.57. The Labute approximate surface area is 121 Å².